The van der Waals surface area contributed by atoms with Crippen LogP contribution in [0.15, 0.2) is 24.3 Å². The highest BCUT2D eigenvalue weighted by Crippen LogP contribution is 2.48. The van der Waals surface area contributed by atoms with Crippen LogP contribution in [0, 0.1) is 11.8 Å². The van der Waals surface area contributed by atoms with E-state index in [4.69, 9.17) is 29.2 Å². The van der Waals surface area contributed by atoms with Gasteiger partial charge in [-0.25, -0.2) is 16.8 Å². The van der Waals surface area contributed by atoms with E-state index in [0.717, 1.165) is 101 Å². The fraction of sp³-hybridized carbons (Fsp3) is 0.641. The van der Waals surface area contributed by atoms with E-state index >= 15 is 0 Å². The largest absolute Gasteiger partial charge is 0.481 e. The van der Waals surface area contributed by atoms with Crippen molar-refractivity contribution >= 4 is 32.0 Å². The highest BCUT2D eigenvalue weighted by atomic mass is 32.2. The Bertz CT molecular complexity index is 1970. The third-order valence-corrected chi connectivity index (χ3v) is 15.6. The van der Waals surface area contributed by atoms with Crippen molar-refractivity contribution in [2.45, 2.75) is 82.0 Å². The number of hydrogen-bond acceptors (Lipinski definition) is 12. The maximum atomic E-state index is 12.3. The smallest absolute Gasteiger partial charge is 0.314 e. The van der Waals surface area contributed by atoms with E-state index in [1.54, 1.807) is 8.61 Å². The number of carboxylic acid groups (broad SMARTS) is 2. The van der Waals surface area contributed by atoms with E-state index in [1.165, 1.54) is 34.8 Å². The molecule has 0 aromatic heterocycles. The van der Waals surface area contributed by atoms with Crippen LogP contribution in [0.3, 0.4) is 0 Å². The monoisotopic (exact) mass is 832 g/mol. The summed E-state index contributed by atoms with van der Waals surface area (Å²) in [5.74, 6) is 1.62. The van der Waals surface area contributed by atoms with Gasteiger partial charge >= 0.3 is 11.9 Å². The lowest BCUT2D eigenvalue weighted by Crippen LogP contribution is -2.57. The molecule has 0 bridgehead atoms. The maximum absolute atomic E-state index is 12.3. The molecule has 0 saturated carbocycles. The van der Waals surface area contributed by atoms with Gasteiger partial charge in [-0.15, -0.1) is 0 Å². The summed E-state index contributed by atoms with van der Waals surface area (Å²) < 4.78 is 74.8. The van der Waals surface area contributed by atoms with Gasteiger partial charge in [0.25, 0.3) is 0 Å². The Morgan fingerprint density at radius 1 is 0.632 bits per heavy atom. The van der Waals surface area contributed by atoms with Crippen LogP contribution in [-0.2, 0) is 42.5 Å². The summed E-state index contributed by atoms with van der Waals surface area (Å²) in [7, 11) is -6.30. The van der Waals surface area contributed by atoms with Gasteiger partial charge in [-0.1, -0.05) is 0 Å². The van der Waals surface area contributed by atoms with E-state index < -0.39 is 38.4 Å². The molecule has 8 aliphatic heterocycles. The average Bonchev–Trinajstić information content (AvgIpc) is 3.82. The van der Waals surface area contributed by atoms with Gasteiger partial charge in [0.1, 0.15) is 6.42 Å². The van der Waals surface area contributed by atoms with Crippen LogP contribution in [0.1, 0.15) is 79.3 Å². The zero-order chi connectivity index (χ0) is 40.2. The molecule has 8 aliphatic rings. The molecule has 10 rings (SSSR count). The molecule has 312 valence electrons. The number of rotatable bonds is 4. The van der Waals surface area contributed by atoms with Crippen molar-refractivity contribution in [3.8, 4) is 23.0 Å². The van der Waals surface area contributed by atoms with Crippen LogP contribution in [0.2, 0.25) is 0 Å². The standard InChI is InChI=1S/2C18H24N2O4S.C3H4O4/c2*1-25(21,22)20-5-2-3-13-10-19-6-4-12-7-17-18(24-11-23-17)8-14(12)16(19)9-15(13)20;4-2(5)1-3(6)7/h2*7-8,13,15-16H,2-6,9-11H2,1H3;1H2,(H,4,5)(H,6,7)/t2*13-,15+,16+;/m11./s1. The van der Waals surface area contributed by atoms with Crippen molar-refractivity contribution in [3.05, 3.63) is 46.5 Å². The van der Waals surface area contributed by atoms with Gasteiger partial charge in [-0.3, -0.25) is 19.4 Å². The Morgan fingerprint density at radius 2 is 1.02 bits per heavy atom. The number of nitrogens with zero attached hydrogens (tertiary/aromatic N) is 4. The Labute approximate surface area is 333 Å². The van der Waals surface area contributed by atoms with E-state index in [0.29, 0.717) is 38.5 Å². The lowest BCUT2D eigenvalue weighted by atomic mass is 9.77. The molecule has 2 aromatic carbocycles. The predicted molar refractivity (Wildman–Crippen MR) is 206 cm³/mol. The number of piperidine rings is 4. The van der Waals surface area contributed by atoms with Gasteiger partial charge in [0.2, 0.25) is 33.6 Å². The summed E-state index contributed by atoms with van der Waals surface area (Å²) in [6, 6.07) is 9.31. The molecule has 0 spiro atoms. The second-order valence-electron chi connectivity index (χ2n) is 16.5. The van der Waals surface area contributed by atoms with E-state index in [2.05, 4.69) is 34.1 Å². The third kappa shape index (κ3) is 8.30. The van der Waals surface area contributed by atoms with Crippen LogP contribution in [0.25, 0.3) is 0 Å². The van der Waals surface area contributed by atoms with Crippen molar-refractivity contribution in [3.63, 3.8) is 0 Å². The third-order valence-electron chi connectivity index (χ3n) is 13.0. The summed E-state index contributed by atoms with van der Waals surface area (Å²) in [4.78, 5) is 24.0. The van der Waals surface area contributed by atoms with Gasteiger partial charge in [0.05, 0.1) is 12.5 Å². The molecule has 18 heteroatoms. The second kappa shape index (κ2) is 15.8. The number of sulfonamides is 2. The van der Waals surface area contributed by atoms with Crippen LogP contribution >= 0.6 is 0 Å². The van der Waals surface area contributed by atoms with E-state index in [9.17, 15) is 26.4 Å². The normalized spacial score (nSPS) is 29.0. The molecular formula is C39H52N4O12S2. The molecule has 4 saturated heterocycles. The van der Waals surface area contributed by atoms with E-state index in [1.807, 2.05) is 0 Å². The first-order chi connectivity index (χ1) is 27.1. The molecule has 0 aliphatic carbocycles. The minimum Gasteiger partial charge on any atom is -0.481 e. The molecule has 0 unspecified atom stereocenters. The number of fused-ring (bicyclic) bond motifs is 10. The molecule has 57 heavy (non-hydrogen) atoms. The summed E-state index contributed by atoms with van der Waals surface area (Å²) in [6.07, 6.45) is 9.93. The molecular weight excluding hydrogens is 781 g/mol. The fourth-order valence-electron chi connectivity index (χ4n) is 10.5. The molecule has 0 amide bonds. The molecule has 2 aromatic rings. The number of carbonyl (C=O) groups is 2. The molecule has 0 radical (unpaired) electrons. The first-order valence-corrected chi connectivity index (χ1v) is 23.5. The topological polar surface area (TPSA) is 193 Å². The number of carboxylic acids is 2. The van der Waals surface area contributed by atoms with Gasteiger partial charge < -0.3 is 29.2 Å². The summed E-state index contributed by atoms with van der Waals surface area (Å²) in [5, 5.41) is 15.4. The Kier molecular flexibility index (Phi) is 11.1. The quantitative estimate of drug-likeness (QED) is 0.427. The Balaban J connectivity index is 0.000000137. The highest BCUT2D eigenvalue weighted by Gasteiger charge is 2.47. The lowest BCUT2D eigenvalue weighted by molar-refractivity contribution is -0.147. The summed E-state index contributed by atoms with van der Waals surface area (Å²) in [5.41, 5.74) is 5.25. The van der Waals surface area contributed by atoms with Gasteiger partial charge in [0.15, 0.2) is 23.0 Å². The molecule has 4 fully saturated rings. The van der Waals surface area contributed by atoms with Crippen LogP contribution in [-0.4, -0.2) is 135 Å². The molecule has 6 atom stereocenters. The fourth-order valence-corrected chi connectivity index (χ4v) is 13.0. The van der Waals surface area contributed by atoms with E-state index in [-0.39, 0.29) is 24.2 Å². The van der Waals surface area contributed by atoms with Crippen molar-refractivity contribution in [1.82, 2.24) is 18.4 Å². The number of aliphatic carboxylic acids is 2. The van der Waals surface area contributed by atoms with Crippen molar-refractivity contribution in [1.29, 1.82) is 0 Å². The number of ether oxygens (including phenoxy) is 4. The highest BCUT2D eigenvalue weighted by molar-refractivity contribution is 7.88. The predicted octanol–water partition coefficient (Wildman–Crippen LogP) is 3.06. The van der Waals surface area contributed by atoms with Gasteiger partial charge in [-0.05, 0) is 110 Å². The molecule has 16 nitrogen and oxygen atoms in total. The Hall–Kier alpha value is -3.68. The molecule has 8 heterocycles. The summed E-state index contributed by atoms with van der Waals surface area (Å²) >= 11 is 0. The lowest BCUT2D eigenvalue weighted by Gasteiger charge is -2.51. The van der Waals surface area contributed by atoms with Crippen LogP contribution < -0.4 is 18.9 Å². The van der Waals surface area contributed by atoms with Crippen LogP contribution in [0.5, 0.6) is 23.0 Å². The number of benzene rings is 2. The SMILES string of the molecule is CS(=O)(=O)N1CCC[C@@H]2CN3CCc4cc5c(cc4[C@@H]3C[C@@H]21)OCO5.CS(=O)(=O)N1CCC[C@@H]2CN3CCc4cc5c(cc4[C@@H]3C[C@@H]21)OCO5.O=C(O)CC(=O)O. The zero-order valence-electron chi connectivity index (χ0n) is 32.4. The first-order valence-electron chi connectivity index (χ1n) is 19.8. The van der Waals surface area contributed by atoms with Crippen molar-refractivity contribution in [2.75, 3.05) is 65.4 Å². The molecule has 2 N–H and O–H groups in total. The van der Waals surface area contributed by atoms with Gasteiger partial charge in [0, 0.05) is 63.4 Å². The van der Waals surface area contributed by atoms with Crippen molar-refractivity contribution in [2.24, 2.45) is 11.8 Å². The second-order valence-corrected chi connectivity index (χ2v) is 20.3. The van der Waals surface area contributed by atoms with Crippen LogP contribution in [0.4, 0.5) is 0 Å². The average molecular weight is 833 g/mol. The summed E-state index contributed by atoms with van der Waals surface area (Å²) in [6.45, 7) is 5.99. The zero-order valence-corrected chi connectivity index (χ0v) is 34.0. The maximum Gasteiger partial charge on any atom is 0.314 e. The van der Waals surface area contributed by atoms with Crippen molar-refractivity contribution < 1.29 is 55.6 Å². The number of hydrogen-bond donors (Lipinski definition) is 2. The minimum absolute atomic E-state index is 0.126. The first kappa shape index (κ1) is 40.1. The Morgan fingerprint density at radius 3 is 1.37 bits per heavy atom. The minimum atomic E-state index is -3.15. The van der Waals surface area contributed by atoms with Gasteiger partial charge in [-0.2, -0.15) is 8.61 Å².